The molecule has 1 aliphatic heterocycles. The van der Waals surface area contributed by atoms with E-state index in [4.69, 9.17) is 10.7 Å². The Balaban J connectivity index is 1.62. The third kappa shape index (κ3) is 3.43. The lowest BCUT2D eigenvalue weighted by Gasteiger charge is -2.38. The molecule has 0 radical (unpaired) electrons. The highest BCUT2D eigenvalue weighted by molar-refractivity contribution is 5.90. The fourth-order valence-electron chi connectivity index (χ4n) is 3.76. The smallest absolute Gasteiger partial charge is 0.268 e. The highest BCUT2D eigenvalue weighted by Crippen LogP contribution is 2.30. The molecule has 8 nitrogen and oxygen atoms in total. The van der Waals surface area contributed by atoms with Crippen molar-refractivity contribution in [2.24, 2.45) is 11.7 Å². The second-order valence-electron chi connectivity index (χ2n) is 7.80. The molecule has 0 aromatic carbocycles. The standard InChI is InChI=1S/C20H24N6O2/c1-20(2,28)13-6-8-25(9-7-13)17-5-3-4-14(24-17)16-10-23-18-11-22-15(19(21)27)12-26(16)18/h3-5,10-13,28H,6-9H2,1-2H3,(H2,21,27). The van der Waals surface area contributed by atoms with Crippen LogP contribution in [0.3, 0.4) is 0 Å². The first kappa shape index (κ1) is 18.4. The van der Waals surface area contributed by atoms with Crippen LogP contribution < -0.4 is 10.6 Å². The van der Waals surface area contributed by atoms with Gasteiger partial charge in [-0.05, 0) is 44.7 Å². The molecule has 3 N–H and O–H groups in total. The number of imidazole rings is 1. The molecule has 8 heteroatoms. The number of aromatic nitrogens is 4. The second kappa shape index (κ2) is 6.87. The van der Waals surface area contributed by atoms with Gasteiger partial charge in [0.05, 0.1) is 29.4 Å². The van der Waals surface area contributed by atoms with Gasteiger partial charge >= 0.3 is 0 Å². The van der Waals surface area contributed by atoms with Crippen molar-refractivity contribution < 1.29 is 9.90 Å². The molecular formula is C20H24N6O2. The molecule has 1 fully saturated rings. The topological polar surface area (TPSA) is 110 Å². The molecule has 0 atom stereocenters. The summed E-state index contributed by atoms with van der Waals surface area (Å²) in [5.74, 6) is 0.606. The summed E-state index contributed by atoms with van der Waals surface area (Å²) in [6.07, 6.45) is 6.68. The molecule has 1 amide bonds. The molecule has 4 heterocycles. The van der Waals surface area contributed by atoms with Gasteiger partial charge in [-0.15, -0.1) is 0 Å². The number of primary amides is 1. The molecular weight excluding hydrogens is 356 g/mol. The van der Waals surface area contributed by atoms with Crippen LogP contribution in [0.25, 0.3) is 17.0 Å². The fraction of sp³-hybridized carbons (Fsp3) is 0.400. The van der Waals surface area contributed by atoms with Crippen molar-refractivity contribution in [1.29, 1.82) is 0 Å². The number of pyridine rings is 1. The summed E-state index contributed by atoms with van der Waals surface area (Å²) in [5.41, 5.74) is 7.03. The number of piperidine rings is 1. The first-order chi connectivity index (χ1) is 13.3. The van der Waals surface area contributed by atoms with Gasteiger partial charge in [-0.25, -0.2) is 15.0 Å². The quantitative estimate of drug-likeness (QED) is 0.715. The molecule has 0 bridgehead atoms. The van der Waals surface area contributed by atoms with Gasteiger partial charge < -0.3 is 15.7 Å². The van der Waals surface area contributed by atoms with E-state index in [1.165, 1.54) is 6.20 Å². The minimum Gasteiger partial charge on any atom is -0.390 e. The van der Waals surface area contributed by atoms with E-state index in [-0.39, 0.29) is 5.69 Å². The molecule has 146 valence electrons. The van der Waals surface area contributed by atoms with Crippen molar-refractivity contribution in [3.8, 4) is 11.4 Å². The molecule has 1 aliphatic rings. The number of fused-ring (bicyclic) bond motifs is 1. The van der Waals surface area contributed by atoms with Crippen molar-refractivity contribution >= 4 is 17.4 Å². The zero-order chi connectivity index (χ0) is 19.9. The van der Waals surface area contributed by atoms with Crippen molar-refractivity contribution in [2.45, 2.75) is 32.3 Å². The summed E-state index contributed by atoms with van der Waals surface area (Å²) in [4.78, 5) is 26.9. The van der Waals surface area contributed by atoms with Gasteiger partial charge in [-0.2, -0.15) is 0 Å². The monoisotopic (exact) mass is 380 g/mol. The summed E-state index contributed by atoms with van der Waals surface area (Å²) in [6, 6.07) is 5.88. The number of hydrogen-bond acceptors (Lipinski definition) is 6. The number of amides is 1. The van der Waals surface area contributed by atoms with Crippen molar-refractivity contribution in [3.05, 3.63) is 42.5 Å². The minimum absolute atomic E-state index is 0.177. The van der Waals surface area contributed by atoms with Crippen molar-refractivity contribution in [1.82, 2.24) is 19.4 Å². The van der Waals surface area contributed by atoms with E-state index >= 15 is 0 Å². The zero-order valence-electron chi connectivity index (χ0n) is 16.0. The van der Waals surface area contributed by atoms with Gasteiger partial charge in [0, 0.05) is 19.3 Å². The van der Waals surface area contributed by atoms with Gasteiger partial charge in [-0.1, -0.05) is 6.07 Å². The SMILES string of the molecule is CC(C)(O)C1CCN(c2cccc(-c3cnc4cnc(C(N)=O)cn34)n2)CC1. The van der Waals surface area contributed by atoms with E-state index in [1.807, 2.05) is 32.0 Å². The van der Waals surface area contributed by atoms with Crippen LogP contribution in [0.5, 0.6) is 0 Å². The van der Waals surface area contributed by atoms with E-state index in [0.29, 0.717) is 11.6 Å². The summed E-state index contributed by atoms with van der Waals surface area (Å²) >= 11 is 0. The van der Waals surface area contributed by atoms with Crippen LogP contribution in [-0.4, -0.2) is 49.1 Å². The predicted molar refractivity (Wildman–Crippen MR) is 106 cm³/mol. The second-order valence-corrected chi connectivity index (χ2v) is 7.80. The van der Waals surface area contributed by atoms with Crippen LogP contribution in [0, 0.1) is 5.92 Å². The first-order valence-electron chi connectivity index (χ1n) is 9.40. The number of carbonyl (C=O) groups is 1. The Morgan fingerprint density at radius 1 is 1.21 bits per heavy atom. The van der Waals surface area contributed by atoms with E-state index in [2.05, 4.69) is 14.9 Å². The third-order valence-electron chi connectivity index (χ3n) is 5.46. The lowest BCUT2D eigenvalue weighted by molar-refractivity contribution is 0.00645. The molecule has 0 saturated carbocycles. The van der Waals surface area contributed by atoms with E-state index in [9.17, 15) is 9.90 Å². The Kier molecular flexibility index (Phi) is 4.50. The van der Waals surface area contributed by atoms with Gasteiger partial charge in [0.1, 0.15) is 11.5 Å². The Morgan fingerprint density at radius 2 is 1.96 bits per heavy atom. The number of rotatable bonds is 4. The average Bonchev–Trinajstić information content (AvgIpc) is 3.11. The Hall–Kier alpha value is -3.00. The lowest BCUT2D eigenvalue weighted by atomic mass is 9.83. The lowest BCUT2D eigenvalue weighted by Crippen LogP contribution is -2.42. The molecule has 1 saturated heterocycles. The van der Waals surface area contributed by atoms with E-state index < -0.39 is 11.5 Å². The molecule has 0 spiro atoms. The Morgan fingerprint density at radius 3 is 2.64 bits per heavy atom. The minimum atomic E-state index is -0.649. The van der Waals surface area contributed by atoms with Crippen molar-refractivity contribution in [2.75, 3.05) is 18.0 Å². The summed E-state index contributed by atoms with van der Waals surface area (Å²) < 4.78 is 1.78. The van der Waals surface area contributed by atoms with E-state index in [0.717, 1.165) is 43.1 Å². The number of hydrogen-bond donors (Lipinski definition) is 2. The van der Waals surface area contributed by atoms with Crippen LogP contribution in [0.15, 0.2) is 36.8 Å². The van der Waals surface area contributed by atoms with Crippen LogP contribution >= 0.6 is 0 Å². The molecule has 0 unspecified atom stereocenters. The number of carbonyl (C=O) groups excluding carboxylic acids is 1. The predicted octanol–water partition coefficient (Wildman–Crippen LogP) is 1.88. The highest BCUT2D eigenvalue weighted by atomic mass is 16.3. The summed E-state index contributed by atoms with van der Waals surface area (Å²) in [7, 11) is 0. The number of aliphatic hydroxyl groups is 1. The maximum atomic E-state index is 11.5. The van der Waals surface area contributed by atoms with Crippen LogP contribution in [0.1, 0.15) is 37.2 Å². The Bertz CT molecular complexity index is 1010. The third-order valence-corrected chi connectivity index (χ3v) is 5.46. The molecule has 4 rings (SSSR count). The van der Waals surface area contributed by atoms with Gasteiger partial charge in [0.2, 0.25) is 0 Å². The highest BCUT2D eigenvalue weighted by Gasteiger charge is 2.30. The van der Waals surface area contributed by atoms with Gasteiger partial charge in [0.15, 0.2) is 5.65 Å². The van der Waals surface area contributed by atoms with Gasteiger partial charge in [0.25, 0.3) is 5.91 Å². The Labute approximate surface area is 163 Å². The maximum Gasteiger partial charge on any atom is 0.268 e. The molecule has 28 heavy (non-hydrogen) atoms. The fourth-order valence-corrected chi connectivity index (χ4v) is 3.76. The van der Waals surface area contributed by atoms with Crippen molar-refractivity contribution in [3.63, 3.8) is 0 Å². The number of nitrogens with two attached hydrogens (primary N) is 1. The van der Waals surface area contributed by atoms with Crippen LogP contribution in [0.4, 0.5) is 5.82 Å². The zero-order valence-corrected chi connectivity index (χ0v) is 16.0. The first-order valence-corrected chi connectivity index (χ1v) is 9.40. The molecule has 3 aromatic rings. The number of nitrogens with zero attached hydrogens (tertiary/aromatic N) is 5. The number of anilines is 1. The summed E-state index contributed by atoms with van der Waals surface area (Å²) in [5, 5.41) is 10.2. The van der Waals surface area contributed by atoms with Gasteiger partial charge in [-0.3, -0.25) is 9.20 Å². The summed E-state index contributed by atoms with van der Waals surface area (Å²) in [6.45, 7) is 5.47. The van der Waals surface area contributed by atoms with Crippen LogP contribution in [0.2, 0.25) is 0 Å². The largest absolute Gasteiger partial charge is 0.390 e. The van der Waals surface area contributed by atoms with E-state index in [1.54, 1.807) is 16.8 Å². The average molecular weight is 380 g/mol. The molecule has 3 aromatic heterocycles. The molecule has 0 aliphatic carbocycles. The maximum absolute atomic E-state index is 11.5. The normalized spacial score (nSPS) is 15.9. The van der Waals surface area contributed by atoms with Crippen LogP contribution in [-0.2, 0) is 0 Å².